The molecule has 2 saturated carbocycles. The molecule has 0 aromatic heterocycles. The van der Waals surface area contributed by atoms with Crippen molar-refractivity contribution in [2.45, 2.75) is 33.0 Å². The SMILES string of the molecule is CC1C2CC(C(O)O)C(C2)C1C. The predicted molar refractivity (Wildman–Crippen MR) is 46.3 cm³/mol. The molecular formula is C10H18O2. The largest absolute Gasteiger partial charge is 0.368 e. The van der Waals surface area contributed by atoms with Gasteiger partial charge in [0.2, 0.25) is 0 Å². The fourth-order valence-corrected chi connectivity index (χ4v) is 3.34. The molecule has 0 spiro atoms. The van der Waals surface area contributed by atoms with E-state index in [0.29, 0.717) is 11.8 Å². The summed E-state index contributed by atoms with van der Waals surface area (Å²) in [5.74, 6) is 2.99. The highest BCUT2D eigenvalue weighted by molar-refractivity contribution is 4.97. The minimum atomic E-state index is -1.07. The lowest BCUT2D eigenvalue weighted by atomic mass is 9.75. The average molecular weight is 170 g/mol. The maximum absolute atomic E-state index is 9.13. The first-order valence-electron chi connectivity index (χ1n) is 4.97. The minimum Gasteiger partial charge on any atom is -0.368 e. The molecule has 5 atom stereocenters. The van der Waals surface area contributed by atoms with Crippen LogP contribution in [-0.2, 0) is 0 Å². The fourth-order valence-electron chi connectivity index (χ4n) is 3.34. The van der Waals surface area contributed by atoms with Gasteiger partial charge < -0.3 is 10.2 Å². The van der Waals surface area contributed by atoms with Crippen LogP contribution in [0.5, 0.6) is 0 Å². The van der Waals surface area contributed by atoms with Crippen molar-refractivity contribution in [2.24, 2.45) is 29.6 Å². The smallest absolute Gasteiger partial charge is 0.154 e. The molecular weight excluding hydrogens is 152 g/mol. The monoisotopic (exact) mass is 170 g/mol. The number of hydrogen-bond acceptors (Lipinski definition) is 2. The van der Waals surface area contributed by atoms with Crippen LogP contribution in [-0.4, -0.2) is 16.5 Å². The van der Waals surface area contributed by atoms with Gasteiger partial charge in [0.1, 0.15) is 0 Å². The third-order valence-corrected chi connectivity index (χ3v) is 4.33. The Bertz CT molecular complexity index is 177. The molecule has 0 amide bonds. The van der Waals surface area contributed by atoms with Crippen LogP contribution in [0.4, 0.5) is 0 Å². The summed E-state index contributed by atoms with van der Waals surface area (Å²) < 4.78 is 0. The van der Waals surface area contributed by atoms with E-state index in [-0.39, 0.29) is 5.92 Å². The zero-order valence-corrected chi connectivity index (χ0v) is 7.77. The minimum absolute atomic E-state index is 0.168. The molecule has 0 heterocycles. The summed E-state index contributed by atoms with van der Waals surface area (Å²) >= 11 is 0. The molecule has 0 aliphatic heterocycles. The van der Waals surface area contributed by atoms with Crippen molar-refractivity contribution in [2.75, 3.05) is 0 Å². The van der Waals surface area contributed by atoms with Crippen LogP contribution in [0.2, 0.25) is 0 Å². The Kier molecular flexibility index (Phi) is 1.92. The van der Waals surface area contributed by atoms with Crippen molar-refractivity contribution in [1.82, 2.24) is 0 Å². The first-order valence-corrected chi connectivity index (χ1v) is 4.97. The van der Waals surface area contributed by atoms with Gasteiger partial charge in [-0.2, -0.15) is 0 Å². The molecule has 2 bridgehead atoms. The number of hydrogen-bond donors (Lipinski definition) is 2. The van der Waals surface area contributed by atoms with Crippen molar-refractivity contribution in [3.8, 4) is 0 Å². The van der Waals surface area contributed by atoms with Gasteiger partial charge in [0.05, 0.1) is 0 Å². The standard InChI is InChI=1S/C10H18O2/c1-5-6(2)8-3-7(5)4-9(8)10(11)12/h5-12H,3-4H2,1-2H3. The predicted octanol–water partition coefficient (Wildman–Crippen LogP) is 1.23. The molecule has 5 unspecified atom stereocenters. The number of aliphatic hydroxyl groups excluding tert-OH is 1. The molecule has 0 saturated heterocycles. The van der Waals surface area contributed by atoms with Crippen molar-refractivity contribution in [3.05, 3.63) is 0 Å². The van der Waals surface area contributed by atoms with E-state index in [1.54, 1.807) is 0 Å². The second-order valence-corrected chi connectivity index (χ2v) is 4.69. The molecule has 2 fully saturated rings. The van der Waals surface area contributed by atoms with Crippen LogP contribution >= 0.6 is 0 Å². The highest BCUT2D eigenvalue weighted by atomic mass is 16.5. The third kappa shape index (κ3) is 1.01. The molecule has 2 N–H and O–H groups in total. The lowest BCUT2D eigenvalue weighted by Crippen LogP contribution is -2.32. The van der Waals surface area contributed by atoms with Gasteiger partial charge in [0.15, 0.2) is 6.29 Å². The molecule has 2 nitrogen and oxygen atoms in total. The van der Waals surface area contributed by atoms with Gasteiger partial charge in [0.25, 0.3) is 0 Å². The zero-order valence-electron chi connectivity index (χ0n) is 7.77. The summed E-state index contributed by atoms with van der Waals surface area (Å²) in [5.41, 5.74) is 0. The summed E-state index contributed by atoms with van der Waals surface area (Å²) in [7, 11) is 0. The molecule has 70 valence electrons. The first kappa shape index (κ1) is 8.52. The van der Waals surface area contributed by atoms with Gasteiger partial charge in [-0.3, -0.25) is 0 Å². The lowest BCUT2D eigenvalue weighted by molar-refractivity contribution is -0.108. The Morgan fingerprint density at radius 2 is 1.75 bits per heavy atom. The number of aliphatic hydroxyl groups is 2. The van der Waals surface area contributed by atoms with Gasteiger partial charge in [-0.05, 0) is 36.5 Å². The van der Waals surface area contributed by atoms with Crippen LogP contribution in [0.15, 0.2) is 0 Å². The number of fused-ring (bicyclic) bond motifs is 2. The van der Waals surface area contributed by atoms with Gasteiger partial charge in [-0.15, -0.1) is 0 Å². The molecule has 2 rings (SSSR count). The molecule has 12 heavy (non-hydrogen) atoms. The van der Waals surface area contributed by atoms with Crippen LogP contribution in [0, 0.1) is 29.6 Å². The third-order valence-electron chi connectivity index (χ3n) is 4.33. The summed E-state index contributed by atoms with van der Waals surface area (Å²) in [4.78, 5) is 0. The molecule has 2 aliphatic rings. The number of rotatable bonds is 1. The maximum Gasteiger partial charge on any atom is 0.154 e. The highest BCUT2D eigenvalue weighted by Crippen LogP contribution is 2.55. The normalized spacial score (nSPS) is 52.2. The second kappa shape index (κ2) is 2.71. The summed E-state index contributed by atoms with van der Waals surface area (Å²) in [6.45, 7) is 4.55. The fraction of sp³-hybridized carbons (Fsp3) is 1.00. The second-order valence-electron chi connectivity index (χ2n) is 4.69. The van der Waals surface area contributed by atoms with E-state index in [1.165, 1.54) is 6.42 Å². The Balaban J connectivity index is 2.10. The van der Waals surface area contributed by atoms with E-state index in [2.05, 4.69) is 13.8 Å². The van der Waals surface area contributed by atoms with Gasteiger partial charge in [0, 0.05) is 5.92 Å². The van der Waals surface area contributed by atoms with Crippen LogP contribution in [0.3, 0.4) is 0 Å². The van der Waals surface area contributed by atoms with Crippen molar-refractivity contribution < 1.29 is 10.2 Å². The molecule has 0 aromatic rings. The highest BCUT2D eigenvalue weighted by Gasteiger charge is 2.50. The summed E-state index contributed by atoms with van der Waals surface area (Å²) in [6.07, 6.45) is 1.19. The van der Waals surface area contributed by atoms with Crippen LogP contribution in [0.1, 0.15) is 26.7 Å². The zero-order chi connectivity index (χ0) is 8.88. The van der Waals surface area contributed by atoms with E-state index in [9.17, 15) is 0 Å². The topological polar surface area (TPSA) is 40.5 Å². The Morgan fingerprint density at radius 1 is 1.08 bits per heavy atom. The maximum atomic E-state index is 9.13. The van der Waals surface area contributed by atoms with E-state index in [4.69, 9.17) is 10.2 Å². The van der Waals surface area contributed by atoms with Gasteiger partial charge in [-0.25, -0.2) is 0 Å². The summed E-state index contributed by atoms with van der Waals surface area (Å²) in [5, 5.41) is 18.3. The lowest BCUT2D eigenvalue weighted by Gasteiger charge is -2.32. The Labute approximate surface area is 73.6 Å². The Hall–Kier alpha value is -0.0800. The summed E-state index contributed by atoms with van der Waals surface area (Å²) in [6, 6.07) is 0. The molecule has 0 radical (unpaired) electrons. The first-order chi connectivity index (χ1) is 5.61. The quantitative estimate of drug-likeness (QED) is 0.581. The molecule has 2 aliphatic carbocycles. The van der Waals surface area contributed by atoms with Gasteiger partial charge in [-0.1, -0.05) is 13.8 Å². The van der Waals surface area contributed by atoms with E-state index in [1.807, 2.05) is 0 Å². The van der Waals surface area contributed by atoms with Crippen molar-refractivity contribution >= 4 is 0 Å². The van der Waals surface area contributed by atoms with Crippen molar-refractivity contribution in [1.29, 1.82) is 0 Å². The van der Waals surface area contributed by atoms with Crippen LogP contribution < -0.4 is 0 Å². The van der Waals surface area contributed by atoms with Crippen molar-refractivity contribution in [3.63, 3.8) is 0 Å². The van der Waals surface area contributed by atoms with E-state index >= 15 is 0 Å². The van der Waals surface area contributed by atoms with Crippen LogP contribution in [0.25, 0.3) is 0 Å². The Morgan fingerprint density at radius 3 is 2.17 bits per heavy atom. The average Bonchev–Trinajstić information content (AvgIpc) is 2.53. The van der Waals surface area contributed by atoms with E-state index < -0.39 is 6.29 Å². The van der Waals surface area contributed by atoms with E-state index in [0.717, 1.165) is 18.3 Å². The molecule has 0 aromatic carbocycles. The molecule has 2 heteroatoms. The van der Waals surface area contributed by atoms with Gasteiger partial charge >= 0.3 is 0 Å².